The highest BCUT2D eigenvalue weighted by atomic mass is 35.5. The Morgan fingerprint density at radius 2 is 1.89 bits per heavy atom. The van der Waals surface area contributed by atoms with Crippen LogP contribution in [0.1, 0.15) is 19.4 Å². The van der Waals surface area contributed by atoms with Crippen LogP contribution in [0.3, 0.4) is 0 Å². The van der Waals surface area contributed by atoms with Crippen LogP contribution in [-0.4, -0.2) is 43.4 Å². The second-order valence-corrected chi connectivity index (χ2v) is 5.71. The molecular weight excluding hydrogens is 266 g/mol. The first-order valence-electron chi connectivity index (χ1n) is 6.08. The van der Waals surface area contributed by atoms with E-state index < -0.39 is 5.60 Å². The molecule has 1 rings (SSSR count). The maximum Gasteiger partial charge on any atom is 0.179 e. The van der Waals surface area contributed by atoms with Crippen LogP contribution in [-0.2, 0) is 6.54 Å². The normalized spacial score (nSPS) is 11.8. The molecule has 0 unspecified atom stereocenters. The first-order chi connectivity index (χ1) is 8.76. The molecule has 4 nitrogen and oxygen atoms in total. The topological polar surface area (TPSA) is 41.9 Å². The number of hydrogen-bond acceptors (Lipinski definition) is 4. The Balaban J connectivity index is 2.88. The van der Waals surface area contributed by atoms with Crippen molar-refractivity contribution in [2.75, 3.05) is 27.8 Å². The Labute approximate surface area is 119 Å². The maximum atomic E-state index is 9.79. The number of rotatable bonds is 6. The van der Waals surface area contributed by atoms with Gasteiger partial charge in [0.2, 0.25) is 0 Å². The van der Waals surface area contributed by atoms with Crippen LogP contribution >= 0.6 is 11.6 Å². The Kier molecular flexibility index (Phi) is 5.47. The fraction of sp³-hybridized carbons (Fsp3) is 0.571. The molecule has 19 heavy (non-hydrogen) atoms. The number of benzene rings is 1. The van der Waals surface area contributed by atoms with Crippen LogP contribution in [0.15, 0.2) is 12.1 Å². The molecule has 0 amide bonds. The highest BCUT2D eigenvalue weighted by molar-refractivity contribution is 6.32. The molecule has 0 aliphatic heterocycles. The van der Waals surface area contributed by atoms with Crippen LogP contribution in [0.2, 0.25) is 5.02 Å². The van der Waals surface area contributed by atoms with E-state index in [2.05, 4.69) is 0 Å². The van der Waals surface area contributed by atoms with Gasteiger partial charge in [-0.2, -0.15) is 0 Å². The second-order valence-electron chi connectivity index (χ2n) is 5.30. The van der Waals surface area contributed by atoms with E-state index in [0.717, 1.165) is 5.56 Å². The van der Waals surface area contributed by atoms with Crippen LogP contribution in [0, 0.1) is 0 Å². The highest BCUT2D eigenvalue weighted by Crippen LogP contribution is 2.36. The maximum absolute atomic E-state index is 9.79. The van der Waals surface area contributed by atoms with Crippen LogP contribution in [0.5, 0.6) is 11.5 Å². The van der Waals surface area contributed by atoms with E-state index in [4.69, 9.17) is 21.1 Å². The Bertz CT molecular complexity index is 429. The Hall–Kier alpha value is -0.970. The highest BCUT2D eigenvalue weighted by Gasteiger charge is 2.17. The van der Waals surface area contributed by atoms with Gasteiger partial charge in [0.15, 0.2) is 11.5 Å². The quantitative estimate of drug-likeness (QED) is 0.873. The third-order valence-corrected chi connectivity index (χ3v) is 2.88. The summed E-state index contributed by atoms with van der Waals surface area (Å²) in [5, 5.41) is 10.3. The summed E-state index contributed by atoms with van der Waals surface area (Å²) in [6.07, 6.45) is 0. The summed E-state index contributed by atoms with van der Waals surface area (Å²) in [4.78, 5) is 2.03. The lowest BCUT2D eigenvalue weighted by Crippen LogP contribution is -2.35. The SMILES string of the molecule is COc1cc(CN(C)CC(C)(C)O)cc(Cl)c1OC. The lowest BCUT2D eigenvalue weighted by Gasteiger charge is -2.25. The van der Waals surface area contributed by atoms with Crippen molar-refractivity contribution in [1.82, 2.24) is 4.90 Å². The first kappa shape index (κ1) is 16.1. The fourth-order valence-corrected chi connectivity index (χ4v) is 2.40. The predicted octanol–water partition coefficient (Wildman–Crippen LogP) is 2.56. The third-order valence-electron chi connectivity index (χ3n) is 2.60. The molecule has 0 spiro atoms. The van der Waals surface area contributed by atoms with Crippen molar-refractivity contribution >= 4 is 11.6 Å². The van der Waals surface area contributed by atoms with Gasteiger partial charge in [0.1, 0.15) is 0 Å². The summed E-state index contributed by atoms with van der Waals surface area (Å²) in [5.41, 5.74) is 0.282. The van der Waals surface area contributed by atoms with Crippen LogP contribution in [0.4, 0.5) is 0 Å². The van der Waals surface area contributed by atoms with Crippen molar-refractivity contribution < 1.29 is 14.6 Å². The zero-order valence-electron chi connectivity index (χ0n) is 12.2. The Morgan fingerprint density at radius 1 is 1.26 bits per heavy atom. The second kappa shape index (κ2) is 6.46. The van der Waals surface area contributed by atoms with E-state index in [0.29, 0.717) is 29.6 Å². The van der Waals surface area contributed by atoms with Gasteiger partial charge in [0.05, 0.1) is 24.8 Å². The van der Waals surface area contributed by atoms with Gasteiger partial charge in [-0.1, -0.05) is 11.6 Å². The number of likely N-dealkylation sites (N-methyl/N-ethyl adjacent to an activating group) is 1. The molecule has 1 aromatic rings. The van der Waals surface area contributed by atoms with E-state index >= 15 is 0 Å². The average molecular weight is 288 g/mol. The summed E-state index contributed by atoms with van der Waals surface area (Å²) in [6.45, 7) is 4.80. The molecule has 0 radical (unpaired) electrons. The largest absolute Gasteiger partial charge is 0.493 e. The van der Waals surface area contributed by atoms with E-state index in [9.17, 15) is 5.11 Å². The minimum atomic E-state index is -0.727. The minimum Gasteiger partial charge on any atom is -0.493 e. The average Bonchev–Trinajstić information content (AvgIpc) is 2.25. The van der Waals surface area contributed by atoms with Crippen molar-refractivity contribution in [2.24, 2.45) is 0 Å². The van der Waals surface area contributed by atoms with Gasteiger partial charge in [-0.25, -0.2) is 0 Å². The first-order valence-corrected chi connectivity index (χ1v) is 6.46. The third kappa shape index (κ3) is 4.90. The summed E-state index contributed by atoms with van der Waals surface area (Å²) in [7, 11) is 5.09. The fourth-order valence-electron chi connectivity index (χ4n) is 2.09. The number of halogens is 1. The van der Waals surface area contributed by atoms with Crippen LogP contribution in [0.25, 0.3) is 0 Å². The molecule has 0 heterocycles. The van der Waals surface area contributed by atoms with Gasteiger partial charge in [-0.05, 0) is 38.6 Å². The number of nitrogens with zero attached hydrogens (tertiary/aromatic N) is 1. The molecule has 1 aromatic carbocycles. The molecular formula is C14H22ClNO3. The molecule has 5 heteroatoms. The van der Waals surface area contributed by atoms with Gasteiger partial charge < -0.3 is 14.6 Å². The van der Waals surface area contributed by atoms with Gasteiger partial charge >= 0.3 is 0 Å². The smallest absolute Gasteiger partial charge is 0.179 e. The van der Waals surface area contributed by atoms with E-state index in [1.807, 2.05) is 24.1 Å². The lowest BCUT2D eigenvalue weighted by atomic mass is 10.1. The summed E-state index contributed by atoms with van der Waals surface area (Å²) >= 11 is 6.16. The van der Waals surface area contributed by atoms with Gasteiger partial charge in [0, 0.05) is 13.1 Å². The summed E-state index contributed by atoms with van der Waals surface area (Å²) in [5.74, 6) is 1.15. The van der Waals surface area contributed by atoms with Crippen molar-refractivity contribution in [3.05, 3.63) is 22.7 Å². The van der Waals surface area contributed by atoms with Crippen molar-refractivity contribution in [3.8, 4) is 11.5 Å². The van der Waals surface area contributed by atoms with Gasteiger partial charge in [-0.15, -0.1) is 0 Å². The van der Waals surface area contributed by atoms with E-state index in [1.54, 1.807) is 28.1 Å². The molecule has 0 aromatic heterocycles. The number of hydrogen-bond donors (Lipinski definition) is 1. The molecule has 0 aliphatic carbocycles. The van der Waals surface area contributed by atoms with E-state index in [-0.39, 0.29) is 0 Å². The molecule has 0 aliphatic rings. The van der Waals surface area contributed by atoms with Crippen molar-refractivity contribution in [3.63, 3.8) is 0 Å². The minimum absolute atomic E-state index is 0.522. The van der Waals surface area contributed by atoms with Crippen molar-refractivity contribution in [1.29, 1.82) is 0 Å². The lowest BCUT2D eigenvalue weighted by molar-refractivity contribution is 0.0425. The molecule has 0 fully saturated rings. The molecule has 0 atom stereocenters. The zero-order chi connectivity index (χ0) is 14.6. The molecule has 1 N–H and O–H groups in total. The van der Waals surface area contributed by atoms with Crippen LogP contribution < -0.4 is 9.47 Å². The molecule has 0 saturated carbocycles. The van der Waals surface area contributed by atoms with E-state index in [1.165, 1.54) is 0 Å². The van der Waals surface area contributed by atoms with Crippen molar-refractivity contribution in [2.45, 2.75) is 26.0 Å². The summed E-state index contributed by atoms with van der Waals surface area (Å²) in [6, 6.07) is 3.75. The summed E-state index contributed by atoms with van der Waals surface area (Å²) < 4.78 is 10.5. The molecule has 108 valence electrons. The number of methoxy groups -OCH3 is 2. The number of aliphatic hydroxyl groups is 1. The molecule has 0 saturated heterocycles. The van der Waals surface area contributed by atoms with Gasteiger partial charge in [0.25, 0.3) is 0 Å². The monoisotopic (exact) mass is 287 g/mol. The standard InChI is InChI=1S/C14H22ClNO3/c1-14(2,17)9-16(3)8-10-6-11(15)13(19-5)12(7-10)18-4/h6-7,17H,8-9H2,1-5H3. The number of ether oxygens (including phenoxy) is 2. The zero-order valence-corrected chi connectivity index (χ0v) is 12.9. The Morgan fingerprint density at radius 3 is 2.37 bits per heavy atom. The molecule has 0 bridgehead atoms. The predicted molar refractivity (Wildman–Crippen MR) is 77.2 cm³/mol. The van der Waals surface area contributed by atoms with Gasteiger partial charge in [-0.3, -0.25) is 4.90 Å².